The summed E-state index contributed by atoms with van der Waals surface area (Å²) in [6.45, 7) is 8.26. The van der Waals surface area contributed by atoms with E-state index in [1.54, 1.807) is 0 Å². The minimum Gasteiger partial charge on any atom is -0.494 e. The van der Waals surface area contributed by atoms with Gasteiger partial charge in [0.15, 0.2) is 0 Å². The van der Waals surface area contributed by atoms with Crippen molar-refractivity contribution >= 4 is 5.91 Å². The Morgan fingerprint density at radius 1 is 1.06 bits per heavy atom. The van der Waals surface area contributed by atoms with E-state index in [0.29, 0.717) is 50.8 Å². The van der Waals surface area contributed by atoms with E-state index in [-0.39, 0.29) is 5.91 Å². The molecule has 1 aromatic heterocycles. The molecule has 1 amide bonds. The van der Waals surface area contributed by atoms with Crippen LogP contribution in [0.15, 0.2) is 53.1 Å². The fourth-order valence-electron chi connectivity index (χ4n) is 3.89. The zero-order valence-corrected chi connectivity index (χ0v) is 18.8. The Morgan fingerprint density at radius 3 is 2.56 bits per heavy atom. The zero-order valence-electron chi connectivity index (χ0n) is 18.8. The van der Waals surface area contributed by atoms with E-state index in [4.69, 9.17) is 9.26 Å². The van der Waals surface area contributed by atoms with E-state index in [9.17, 15) is 4.79 Å². The maximum Gasteiger partial charge on any atom is 0.241 e. The van der Waals surface area contributed by atoms with Gasteiger partial charge in [0.25, 0.3) is 0 Å². The first-order chi connectivity index (χ1) is 15.6. The van der Waals surface area contributed by atoms with Crippen LogP contribution in [0, 0.1) is 6.92 Å². The fourth-order valence-corrected chi connectivity index (χ4v) is 3.89. The quantitative estimate of drug-likeness (QED) is 0.538. The number of amides is 1. The van der Waals surface area contributed by atoms with Gasteiger partial charge in [0.2, 0.25) is 17.6 Å². The summed E-state index contributed by atoms with van der Waals surface area (Å²) in [5.74, 6) is 2.28. The normalized spacial score (nSPS) is 14.5. The predicted octanol–water partition coefficient (Wildman–Crippen LogP) is 3.72. The number of ether oxygens (including phenoxy) is 1. The summed E-state index contributed by atoms with van der Waals surface area (Å²) >= 11 is 0. The minimum atomic E-state index is 0.190. The number of carbonyl (C=O) groups excluding carboxylic acids is 1. The van der Waals surface area contributed by atoms with Crippen LogP contribution in [0.1, 0.15) is 30.4 Å². The molecule has 0 bridgehead atoms. The lowest BCUT2D eigenvalue weighted by Crippen LogP contribution is -2.48. The van der Waals surface area contributed by atoms with Crippen LogP contribution in [0.4, 0.5) is 0 Å². The molecule has 168 valence electrons. The molecule has 1 aliphatic heterocycles. The fraction of sp³-hybridized carbons (Fsp3) is 0.400. The van der Waals surface area contributed by atoms with Gasteiger partial charge in [-0.05, 0) is 31.9 Å². The van der Waals surface area contributed by atoms with Crippen molar-refractivity contribution in [2.75, 3.05) is 32.8 Å². The smallest absolute Gasteiger partial charge is 0.241 e. The van der Waals surface area contributed by atoms with E-state index in [1.165, 1.54) is 5.56 Å². The Balaban J connectivity index is 1.25. The number of carbonyl (C=O) groups is 1. The third-order valence-electron chi connectivity index (χ3n) is 5.74. The van der Waals surface area contributed by atoms with Crippen molar-refractivity contribution in [2.45, 2.75) is 33.2 Å². The highest BCUT2D eigenvalue weighted by atomic mass is 16.5. The molecule has 2 heterocycles. The number of benzene rings is 2. The first kappa shape index (κ1) is 22.0. The molecular weight excluding hydrogens is 404 g/mol. The van der Waals surface area contributed by atoms with E-state index in [0.717, 1.165) is 30.0 Å². The van der Waals surface area contributed by atoms with Crippen molar-refractivity contribution in [3.05, 3.63) is 65.5 Å². The van der Waals surface area contributed by atoms with Crippen LogP contribution in [0.5, 0.6) is 5.75 Å². The molecule has 1 aliphatic rings. The van der Waals surface area contributed by atoms with Crippen molar-refractivity contribution in [3.63, 3.8) is 0 Å². The highest BCUT2D eigenvalue weighted by molar-refractivity contribution is 5.76. The van der Waals surface area contributed by atoms with Crippen molar-refractivity contribution in [1.29, 1.82) is 0 Å². The Labute approximate surface area is 189 Å². The lowest BCUT2D eigenvalue weighted by molar-refractivity contribution is -0.133. The Hall–Kier alpha value is -3.19. The van der Waals surface area contributed by atoms with Gasteiger partial charge in [0.1, 0.15) is 5.75 Å². The Kier molecular flexibility index (Phi) is 7.17. The molecule has 7 nitrogen and oxygen atoms in total. The first-order valence-corrected chi connectivity index (χ1v) is 11.2. The number of aryl methyl sites for hydroxylation is 2. The van der Waals surface area contributed by atoms with E-state index >= 15 is 0 Å². The van der Waals surface area contributed by atoms with Crippen LogP contribution in [0.25, 0.3) is 11.4 Å². The van der Waals surface area contributed by atoms with Gasteiger partial charge in [-0.15, -0.1) is 0 Å². The molecule has 0 aliphatic carbocycles. The monoisotopic (exact) mass is 434 g/mol. The molecule has 7 heteroatoms. The van der Waals surface area contributed by atoms with Crippen molar-refractivity contribution in [2.24, 2.45) is 0 Å². The maximum atomic E-state index is 12.7. The molecule has 0 saturated carbocycles. The molecule has 0 radical (unpaired) electrons. The van der Waals surface area contributed by atoms with Crippen molar-refractivity contribution in [3.8, 4) is 17.1 Å². The van der Waals surface area contributed by atoms with E-state index in [2.05, 4.69) is 22.0 Å². The molecular formula is C25H30N4O3. The van der Waals surface area contributed by atoms with Crippen molar-refractivity contribution < 1.29 is 14.1 Å². The highest BCUT2D eigenvalue weighted by Gasteiger charge is 2.22. The second kappa shape index (κ2) is 10.4. The van der Waals surface area contributed by atoms with E-state index < -0.39 is 0 Å². The van der Waals surface area contributed by atoms with Crippen LogP contribution in [-0.4, -0.2) is 58.6 Å². The number of aromatic nitrogens is 2. The summed E-state index contributed by atoms with van der Waals surface area (Å²) in [6, 6.07) is 16.0. The standard InChI is InChI=1S/C25H30N4O3/c1-3-31-22-7-5-4-6-20(22)12-13-24(30)29-16-14-28(15-17-29)18-23-26-25(27-32-23)21-10-8-19(2)9-11-21/h4-11H,3,12-18H2,1-2H3. The lowest BCUT2D eigenvalue weighted by atomic mass is 10.1. The molecule has 3 aromatic rings. The van der Waals surface area contributed by atoms with Gasteiger partial charge >= 0.3 is 0 Å². The van der Waals surface area contributed by atoms with Gasteiger partial charge in [0.05, 0.1) is 13.2 Å². The zero-order chi connectivity index (χ0) is 22.3. The summed E-state index contributed by atoms with van der Waals surface area (Å²) in [5, 5.41) is 4.11. The van der Waals surface area contributed by atoms with Crippen molar-refractivity contribution in [1.82, 2.24) is 19.9 Å². The molecule has 0 N–H and O–H groups in total. The summed E-state index contributed by atoms with van der Waals surface area (Å²) in [6.07, 6.45) is 1.19. The van der Waals surface area contributed by atoms with Gasteiger partial charge in [0, 0.05) is 38.2 Å². The van der Waals surface area contributed by atoms with Gasteiger partial charge in [-0.25, -0.2) is 0 Å². The number of hydrogen-bond donors (Lipinski definition) is 0. The average Bonchev–Trinajstić information content (AvgIpc) is 3.28. The average molecular weight is 435 g/mol. The maximum absolute atomic E-state index is 12.7. The molecule has 0 atom stereocenters. The second-order valence-corrected chi connectivity index (χ2v) is 8.08. The van der Waals surface area contributed by atoms with E-state index in [1.807, 2.05) is 60.4 Å². The Bertz CT molecular complexity index is 1020. The van der Waals surface area contributed by atoms with Gasteiger partial charge in [-0.1, -0.05) is 53.2 Å². The topological polar surface area (TPSA) is 71.7 Å². The second-order valence-electron chi connectivity index (χ2n) is 8.08. The number of para-hydroxylation sites is 1. The largest absolute Gasteiger partial charge is 0.494 e. The SMILES string of the molecule is CCOc1ccccc1CCC(=O)N1CCN(Cc2nc(-c3ccc(C)cc3)no2)CC1. The molecule has 4 rings (SSSR count). The van der Waals surface area contributed by atoms with Crippen LogP contribution >= 0.6 is 0 Å². The molecule has 32 heavy (non-hydrogen) atoms. The lowest BCUT2D eigenvalue weighted by Gasteiger charge is -2.34. The number of piperazine rings is 1. The molecule has 0 unspecified atom stereocenters. The molecule has 2 aromatic carbocycles. The molecule has 1 fully saturated rings. The molecule has 1 saturated heterocycles. The third kappa shape index (κ3) is 5.53. The summed E-state index contributed by atoms with van der Waals surface area (Å²) in [4.78, 5) is 21.4. The number of hydrogen-bond acceptors (Lipinski definition) is 6. The Morgan fingerprint density at radius 2 is 1.81 bits per heavy atom. The molecule has 0 spiro atoms. The van der Waals surface area contributed by atoms with Crippen LogP contribution in [0.3, 0.4) is 0 Å². The van der Waals surface area contributed by atoms with Gasteiger partial charge < -0.3 is 14.2 Å². The third-order valence-corrected chi connectivity index (χ3v) is 5.74. The number of nitrogens with zero attached hydrogens (tertiary/aromatic N) is 4. The minimum absolute atomic E-state index is 0.190. The predicted molar refractivity (Wildman–Crippen MR) is 122 cm³/mol. The summed E-state index contributed by atoms with van der Waals surface area (Å²) in [7, 11) is 0. The summed E-state index contributed by atoms with van der Waals surface area (Å²) < 4.78 is 11.1. The number of rotatable bonds is 8. The highest BCUT2D eigenvalue weighted by Crippen LogP contribution is 2.21. The first-order valence-electron chi connectivity index (χ1n) is 11.2. The van der Waals surface area contributed by atoms with Crippen LogP contribution in [-0.2, 0) is 17.8 Å². The van der Waals surface area contributed by atoms with Crippen LogP contribution < -0.4 is 4.74 Å². The van der Waals surface area contributed by atoms with Crippen LogP contribution in [0.2, 0.25) is 0 Å². The van der Waals surface area contributed by atoms with Gasteiger partial charge in [-0.2, -0.15) is 4.98 Å². The van der Waals surface area contributed by atoms with Gasteiger partial charge in [-0.3, -0.25) is 9.69 Å². The summed E-state index contributed by atoms with van der Waals surface area (Å²) in [5.41, 5.74) is 3.23.